The van der Waals surface area contributed by atoms with E-state index in [-0.39, 0.29) is 5.41 Å². The largest absolute Gasteiger partial charge is 0.411 e. The smallest absolute Gasteiger partial charge is 0.134 e. The van der Waals surface area contributed by atoms with E-state index >= 15 is 0 Å². The lowest BCUT2D eigenvalue weighted by Gasteiger charge is -2.49. The molecule has 3 heteroatoms. The lowest BCUT2D eigenvalue weighted by Crippen LogP contribution is -2.50. The molecule has 0 amide bonds. The van der Waals surface area contributed by atoms with E-state index in [1.165, 1.54) is 0 Å². The Morgan fingerprint density at radius 2 is 2.19 bits per heavy atom. The summed E-state index contributed by atoms with van der Waals surface area (Å²) in [6.07, 6.45) is 11.3. The summed E-state index contributed by atoms with van der Waals surface area (Å²) in [6, 6.07) is 0. The van der Waals surface area contributed by atoms with E-state index < -0.39 is 5.60 Å². The van der Waals surface area contributed by atoms with Crippen LogP contribution in [0, 0.1) is 17.8 Å². The van der Waals surface area contributed by atoms with Crippen molar-refractivity contribution < 1.29 is 10.3 Å². The lowest BCUT2D eigenvalue weighted by atomic mass is 9.57. The Morgan fingerprint density at radius 1 is 1.44 bits per heavy atom. The Morgan fingerprint density at radius 3 is 2.81 bits per heavy atom. The highest BCUT2D eigenvalue weighted by atomic mass is 16.4. The second-order valence-electron chi connectivity index (χ2n) is 4.95. The molecule has 86 valence electrons. The molecular formula is C13H17NO2. The first-order chi connectivity index (χ1) is 7.55. The first kappa shape index (κ1) is 11.2. The molecule has 0 aliphatic heterocycles. The minimum Gasteiger partial charge on any atom is -0.411 e. The fourth-order valence-electron chi connectivity index (χ4n) is 2.91. The van der Waals surface area contributed by atoms with Crippen molar-refractivity contribution in [1.82, 2.24) is 0 Å². The number of rotatable bonds is 0. The van der Waals surface area contributed by atoms with Gasteiger partial charge in [0.15, 0.2) is 0 Å². The van der Waals surface area contributed by atoms with Crippen LogP contribution in [0.2, 0.25) is 0 Å². The van der Waals surface area contributed by atoms with Gasteiger partial charge in [0.25, 0.3) is 0 Å². The number of aliphatic hydroxyl groups is 1. The molecule has 0 bridgehead atoms. The van der Waals surface area contributed by atoms with E-state index in [0.717, 1.165) is 24.8 Å². The van der Waals surface area contributed by atoms with Crippen molar-refractivity contribution in [2.45, 2.75) is 44.6 Å². The van der Waals surface area contributed by atoms with Crippen LogP contribution in [0.5, 0.6) is 0 Å². The molecule has 2 rings (SSSR count). The molecule has 0 aromatic rings. The predicted molar refractivity (Wildman–Crippen MR) is 62.3 cm³/mol. The molecule has 1 unspecified atom stereocenters. The average molecular weight is 219 g/mol. The van der Waals surface area contributed by atoms with Crippen LogP contribution in [-0.4, -0.2) is 21.6 Å². The molecule has 0 aromatic carbocycles. The second kappa shape index (κ2) is 3.64. The van der Waals surface area contributed by atoms with Gasteiger partial charge in [-0.05, 0) is 38.2 Å². The molecule has 2 aliphatic rings. The van der Waals surface area contributed by atoms with E-state index in [1.54, 1.807) is 0 Å². The maximum Gasteiger partial charge on any atom is 0.134 e. The van der Waals surface area contributed by atoms with Gasteiger partial charge in [0.1, 0.15) is 5.60 Å². The third kappa shape index (κ3) is 1.37. The van der Waals surface area contributed by atoms with Crippen LogP contribution in [0.3, 0.4) is 0 Å². The number of hydrogen-bond acceptors (Lipinski definition) is 3. The molecule has 1 fully saturated rings. The number of terminal acetylenes is 1. The minimum atomic E-state index is -1.04. The molecule has 0 heterocycles. The summed E-state index contributed by atoms with van der Waals surface area (Å²) in [5, 5.41) is 22.6. The van der Waals surface area contributed by atoms with Gasteiger partial charge in [-0.15, -0.1) is 6.42 Å². The Kier molecular flexibility index (Phi) is 2.55. The average Bonchev–Trinajstić information content (AvgIpc) is 2.30. The Labute approximate surface area is 95.9 Å². The van der Waals surface area contributed by atoms with Crippen molar-refractivity contribution >= 4 is 5.71 Å². The zero-order chi connectivity index (χ0) is 11.8. The van der Waals surface area contributed by atoms with Gasteiger partial charge in [0, 0.05) is 5.41 Å². The van der Waals surface area contributed by atoms with Crippen molar-refractivity contribution in [3.8, 4) is 12.3 Å². The minimum absolute atomic E-state index is 0.353. The third-order valence-corrected chi connectivity index (χ3v) is 4.20. The van der Waals surface area contributed by atoms with Crippen LogP contribution in [0.4, 0.5) is 0 Å². The Balaban J connectivity index is 2.46. The van der Waals surface area contributed by atoms with E-state index in [0.29, 0.717) is 18.6 Å². The summed E-state index contributed by atoms with van der Waals surface area (Å²) in [5.74, 6) is 2.57. The molecule has 2 N–H and O–H groups in total. The summed E-state index contributed by atoms with van der Waals surface area (Å²) >= 11 is 0. The van der Waals surface area contributed by atoms with Gasteiger partial charge in [-0.2, -0.15) is 0 Å². The van der Waals surface area contributed by atoms with Gasteiger partial charge in [0.2, 0.25) is 0 Å². The van der Waals surface area contributed by atoms with E-state index in [9.17, 15) is 5.11 Å². The van der Waals surface area contributed by atoms with Crippen LogP contribution in [0.15, 0.2) is 16.8 Å². The van der Waals surface area contributed by atoms with Crippen molar-refractivity contribution in [3.05, 3.63) is 11.6 Å². The van der Waals surface area contributed by atoms with Gasteiger partial charge in [-0.25, -0.2) is 0 Å². The monoisotopic (exact) mass is 219 g/mol. The van der Waals surface area contributed by atoms with Crippen LogP contribution >= 0.6 is 0 Å². The topological polar surface area (TPSA) is 52.8 Å². The SMILES string of the molecule is C#CC1(O)CCCC2=C/C(=N\O)CC[C@@]21C. The molecule has 1 saturated carbocycles. The quantitative estimate of drug-likeness (QED) is 0.372. The highest BCUT2D eigenvalue weighted by Gasteiger charge is 2.51. The molecule has 3 nitrogen and oxygen atoms in total. The van der Waals surface area contributed by atoms with Crippen molar-refractivity contribution in [1.29, 1.82) is 0 Å². The summed E-state index contributed by atoms with van der Waals surface area (Å²) < 4.78 is 0. The first-order valence-electron chi connectivity index (χ1n) is 5.68. The van der Waals surface area contributed by atoms with Gasteiger partial charge in [-0.1, -0.05) is 23.6 Å². The van der Waals surface area contributed by atoms with E-state index in [2.05, 4.69) is 11.1 Å². The number of fused-ring (bicyclic) bond motifs is 1. The number of allylic oxidation sites excluding steroid dienone is 1. The molecule has 2 aliphatic carbocycles. The molecule has 16 heavy (non-hydrogen) atoms. The maximum absolute atomic E-state index is 10.5. The van der Waals surface area contributed by atoms with E-state index in [4.69, 9.17) is 11.6 Å². The van der Waals surface area contributed by atoms with Crippen LogP contribution in [0.25, 0.3) is 0 Å². The standard InChI is InChI=1S/C13H17NO2/c1-3-13(15)7-4-5-10-9-11(14-16)6-8-12(10,13)2/h1,9,15-16H,4-8H2,2H3/b14-11-/t12-,13?/m0/s1. The van der Waals surface area contributed by atoms with Crippen LogP contribution in [-0.2, 0) is 0 Å². The van der Waals surface area contributed by atoms with Gasteiger partial charge in [0.05, 0.1) is 5.71 Å². The van der Waals surface area contributed by atoms with Gasteiger partial charge < -0.3 is 10.3 Å². The predicted octanol–water partition coefficient (Wildman–Crippen LogP) is 2.09. The summed E-state index contributed by atoms with van der Waals surface area (Å²) in [5.41, 5.74) is 0.415. The van der Waals surface area contributed by atoms with Crippen molar-refractivity contribution in [3.63, 3.8) is 0 Å². The third-order valence-electron chi connectivity index (χ3n) is 4.20. The second-order valence-corrected chi connectivity index (χ2v) is 4.95. The summed E-state index contributed by atoms with van der Waals surface area (Å²) in [4.78, 5) is 0. The first-order valence-corrected chi connectivity index (χ1v) is 5.68. The Hall–Kier alpha value is -1.27. The lowest BCUT2D eigenvalue weighted by molar-refractivity contribution is -0.0324. The molecular weight excluding hydrogens is 202 g/mol. The number of hydrogen-bond donors (Lipinski definition) is 2. The normalized spacial score (nSPS) is 41.1. The van der Waals surface area contributed by atoms with Crippen molar-refractivity contribution in [2.75, 3.05) is 0 Å². The fraction of sp³-hybridized carbons (Fsp3) is 0.615. The molecule has 0 radical (unpaired) electrons. The number of nitrogens with zero attached hydrogens (tertiary/aromatic N) is 1. The fourth-order valence-corrected chi connectivity index (χ4v) is 2.91. The van der Waals surface area contributed by atoms with Crippen LogP contribution in [0.1, 0.15) is 39.0 Å². The van der Waals surface area contributed by atoms with E-state index in [1.807, 2.05) is 13.0 Å². The number of oxime groups is 1. The highest BCUT2D eigenvalue weighted by Crippen LogP contribution is 2.52. The van der Waals surface area contributed by atoms with Gasteiger partial charge >= 0.3 is 0 Å². The summed E-state index contributed by atoms with van der Waals surface area (Å²) in [7, 11) is 0. The molecule has 0 saturated heterocycles. The Bertz CT molecular complexity index is 405. The highest BCUT2D eigenvalue weighted by molar-refractivity contribution is 5.96. The van der Waals surface area contributed by atoms with Crippen molar-refractivity contribution in [2.24, 2.45) is 10.6 Å². The zero-order valence-corrected chi connectivity index (χ0v) is 9.53. The molecule has 2 atom stereocenters. The van der Waals surface area contributed by atoms with Gasteiger partial charge in [-0.3, -0.25) is 0 Å². The zero-order valence-electron chi connectivity index (χ0n) is 9.53. The molecule has 0 spiro atoms. The maximum atomic E-state index is 10.5. The molecule has 0 aromatic heterocycles. The van der Waals surface area contributed by atoms with Crippen LogP contribution < -0.4 is 0 Å². The summed E-state index contributed by atoms with van der Waals surface area (Å²) in [6.45, 7) is 2.02.